The molecule has 0 bridgehead atoms. The zero-order valence-electron chi connectivity index (χ0n) is 16.3. The molecule has 2 aromatic heterocycles. The van der Waals surface area contributed by atoms with E-state index >= 15 is 0 Å². The number of fused-ring (bicyclic) bond motifs is 1. The van der Waals surface area contributed by atoms with E-state index in [0.717, 1.165) is 5.56 Å². The van der Waals surface area contributed by atoms with Crippen LogP contribution in [0, 0.1) is 0 Å². The van der Waals surface area contributed by atoms with Crippen molar-refractivity contribution in [2.75, 3.05) is 17.2 Å². The number of aryl methyl sites for hydroxylation is 1. The molecule has 0 fully saturated rings. The van der Waals surface area contributed by atoms with Crippen LogP contribution in [0.5, 0.6) is 0 Å². The van der Waals surface area contributed by atoms with Crippen molar-refractivity contribution < 1.29 is 9.90 Å². The maximum Gasteiger partial charge on any atom is 0.257 e. The van der Waals surface area contributed by atoms with Gasteiger partial charge in [-0.05, 0) is 31.5 Å². The largest absolute Gasteiger partial charge is 0.396 e. The standard InChI is InChI=1S/C21H21ClN6O2/c1-13-18(20(30)25-16-9-4-5-11-23-16)19(14-7-2-3-8-15(14)22)28-21(24-13)26-17(27-28)10-6-12-29/h2-5,7-9,11,19,29H,6,10,12H2,1H3,(H,23,25,30)(H,24,26,27). The molecular formula is C21H21ClN6O2. The maximum absolute atomic E-state index is 13.3. The number of carbonyl (C=O) groups excluding carboxylic acids is 1. The van der Waals surface area contributed by atoms with E-state index in [1.165, 1.54) is 0 Å². The van der Waals surface area contributed by atoms with Gasteiger partial charge in [-0.2, -0.15) is 10.1 Å². The Kier molecular flexibility index (Phi) is 5.78. The first-order valence-electron chi connectivity index (χ1n) is 9.59. The molecular weight excluding hydrogens is 404 g/mol. The van der Waals surface area contributed by atoms with Crippen molar-refractivity contribution in [3.63, 3.8) is 0 Å². The average molecular weight is 425 g/mol. The first-order valence-corrected chi connectivity index (χ1v) is 9.97. The van der Waals surface area contributed by atoms with Crippen LogP contribution in [0.15, 0.2) is 59.9 Å². The summed E-state index contributed by atoms with van der Waals surface area (Å²) in [5.74, 6) is 1.26. The van der Waals surface area contributed by atoms with Crippen LogP contribution in [-0.2, 0) is 11.2 Å². The number of benzene rings is 1. The van der Waals surface area contributed by atoms with Gasteiger partial charge in [0.2, 0.25) is 5.95 Å². The average Bonchev–Trinajstić information content (AvgIpc) is 3.14. The van der Waals surface area contributed by atoms with E-state index in [1.807, 2.05) is 25.1 Å². The summed E-state index contributed by atoms with van der Waals surface area (Å²) in [5.41, 5.74) is 1.87. The molecule has 154 valence electrons. The van der Waals surface area contributed by atoms with Crippen LogP contribution in [0.2, 0.25) is 5.02 Å². The number of aromatic nitrogens is 4. The molecule has 3 N–H and O–H groups in total. The number of nitrogens with zero attached hydrogens (tertiary/aromatic N) is 4. The molecule has 3 heterocycles. The van der Waals surface area contributed by atoms with Crippen molar-refractivity contribution in [2.45, 2.75) is 25.8 Å². The molecule has 3 aromatic rings. The lowest BCUT2D eigenvalue weighted by atomic mass is 9.95. The number of hydrogen-bond acceptors (Lipinski definition) is 6. The second-order valence-corrected chi connectivity index (χ2v) is 7.29. The first-order chi connectivity index (χ1) is 14.6. The Hall–Kier alpha value is -3.23. The monoisotopic (exact) mass is 424 g/mol. The second kappa shape index (κ2) is 8.64. The lowest BCUT2D eigenvalue weighted by molar-refractivity contribution is -0.113. The molecule has 0 radical (unpaired) electrons. The first kappa shape index (κ1) is 20.1. The van der Waals surface area contributed by atoms with Crippen LogP contribution in [0.4, 0.5) is 11.8 Å². The number of allylic oxidation sites excluding steroid dienone is 1. The lowest BCUT2D eigenvalue weighted by Gasteiger charge is -2.29. The van der Waals surface area contributed by atoms with Crippen LogP contribution >= 0.6 is 11.6 Å². The molecule has 0 saturated heterocycles. The van der Waals surface area contributed by atoms with Gasteiger partial charge in [-0.25, -0.2) is 9.67 Å². The number of nitrogens with one attached hydrogen (secondary N) is 2. The number of rotatable bonds is 6. The summed E-state index contributed by atoms with van der Waals surface area (Å²) in [5, 5.41) is 20.3. The third-order valence-corrected chi connectivity index (χ3v) is 5.15. The fraction of sp³-hybridized carbons (Fsp3) is 0.238. The fourth-order valence-corrected chi connectivity index (χ4v) is 3.68. The molecule has 0 saturated carbocycles. The topological polar surface area (TPSA) is 105 Å². The van der Waals surface area contributed by atoms with Gasteiger partial charge in [0.1, 0.15) is 11.9 Å². The molecule has 0 aliphatic carbocycles. The second-order valence-electron chi connectivity index (χ2n) is 6.88. The molecule has 30 heavy (non-hydrogen) atoms. The van der Waals surface area contributed by atoms with Crippen molar-refractivity contribution in [2.24, 2.45) is 0 Å². The van der Waals surface area contributed by atoms with E-state index in [9.17, 15) is 4.79 Å². The predicted molar refractivity (Wildman–Crippen MR) is 114 cm³/mol. The molecule has 4 rings (SSSR count). The van der Waals surface area contributed by atoms with Crippen LogP contribution in [-0.4, -0.2) is 37.4 Å². The third-order valence-electron chi connectivity index (χ3n) is 4.81. The number of aliphatic hydroxyl groups excluding tert-OH is 1. The summed E-state index contributed by atoms with van der Waals surface area (Å²) in [6.07, 6.45) is 2.70. The number of aliphatic hydroxyl groups is 1. The molecule has 1 aromatic carbocycles. The van der Waals surface area contributed by atoms with E-state index in [-0.39, 0.29) is 12.5 Å². The van der Waals surface area contributed by atoms with Crippen LogP contribution in [0.3, 0.4) is 0 Å². The molecule has 1 amide bonds. The van der Waals surface area contributed by atoms with Gasteiger partial charge in [0.25, 0.3) is 5.91 Å². The SMILES string of the molecule is CC1=C(C(=O)Nc2ccccn2)C(c2ccccc2Cl)n2nc(CCCO)nc2N1. The van der Waals surface area contributed by atoms with E-state index in [1.54, 1.807) is 35.1 Å². The number of carbonyl (C=O) groups is 1. The van der Waals surface area contributed by atoms with E-state index < -0.39 is 6.04 Å². The Labute approximate surface area is 178 Å². The highest BCUT2D eigenvalue weighted by Gasteiger charge is 2.35. The van der Waals surface area contributed by atoms with Crippen molar-refractivity contribution in [3.8, 4) is 0 Å². The smallest absolute Gasteiger partial charge is 0.257 e. The normalized spacial score (nSPS) is 15.5. The summed E-state index contributed by atoms with van der Waals surface area (Å²) >= 11 is 6.51. The number of anilines is 2. The molecule has 0 spiro atoms. The van der Waals surface area contributed by atoms with Crippen molar-refractivity contribution in [1.29, 1.82) is 0 Å². The molecule has 1 aliphatic rings. The molecule has 1 aliphatic heterocycles. The maximum atomic E-state index is 13.3. The van der Waals surface area contributed by atoms with Gasteiger partial charge in [-0.15, -0.1) is 0 Å². The zero-order chi connectivity index (χ0) is 21.1. The summed E-state index contributed by atoms with van der Waals surface area (Å²) in [6.45, 7) is 1.88. The van der Waals surface area contributed by atoms with Gasteiger partial charge in [0, 0.05) is 35.5 Å². The summed E-state index contributed by atoms with van der Waals surface area (Å²) in [6, 6.07) is 12.1. The van der Waals surface area contributed by atoms with Crippen LogP contribution in [0.1, 0.15) is 30.8 Å². The third kappa shape index (κ3) is 3.92. The molecule has 1 atom stereocenters. The minimum absolute atomic E-state index is 0.0558. The fourth-order valence-electron chi connectivity index (χ4n) is 3.44. The highest BCUT2D eigenvalue weighted by atomic mass is 35.5. The molecule has 8 nitrogen and oxygen atoms in total. The number of hydrogen-bond donors (Lipinski definition) is 3. The summed E-state index contributed by atoms with van der Waals surface area (Å²) in [7, 11) is 0. The van der Waals surface area contributed by atoms with E-state index in [0.29, 0.717) is 46.7 Å². The predicted octanol–water partition coefficient (Wildman–Crippen LogP) is 3.18. The Morgan fingerprint density at radius 1 is 1.27 bits per heavy atom. The van der Waals surface area contributed by atoms with Crippen molar-refractivity contribution in [3.05, 3.63) is 76.3 Å². The molecule has 1 unspecified atom stereocenters. The number of pyridine rings is 1. The quantitative estimate of drug-likeness (QED) is 0.561. The van der Waals surface area contributed by atoms with Gasteiger partial charge in [0.15, 0.2) is 5.82 Å². The van der Waals surface area contributed by atoms with Crippen molar-refractivity contribution in [1.82, 2.24) is 19.7 Å². The minimum atomic E-state index is -0.561. The van der Waals surface area contributed by atoms with Crippen LogP contribution < -0.4 is 10.6 Å². The lowest BCUT2D eigenvalue weighted by Crippen LogP contribution is -2.31. The Morgan fingerprint density at radius 2 is 2.07 bits per heavy atom. The Morgan fingerprint density at radius 3 is 2.80 bits per heavy atom. The van der Waals surface area contributed by atoms with E-state index in [4.69, 9.17) is 16.7 Å². The van der Waals surface area contributed by atoms with Gasteiger partial charge < -0.3 is 15.7 Å². The Balaban J connectivity index is 1.78. The van der Waals surface area contributed by atoms with E-state index in [2.05, 4.69) is 25.7 Å². The number of amides is 1. The summed E-state index contributed by atoms with van der Waals surface area (Å²) in [4.78, 5) is 22.0. The van der Waals surface area contributed by atoms with Gasteiger partial charge in [0.05, 0.1) is 5.57 Å². The minimum Gasteiger partial charge on any atom is -0.396 e. The summed E-state index contributed by atoms with van der Waals surface area (Å²) < 4.78 is 1.67. The molecule has 9 heteroatoms. The highest BCUT2D eigenvalue weighted by Crippen LogP contribution is 2.38. The van der Waals surface area contributed by atoms with Gasteiger partial charge >= 0.3 is 0 Å². The zero-order valence-corrected chi connectivity index (χ0v) is 17.1. The van der Waals surface area contributed by atoms with Crippen molar-refractivity contribution >= 4 is 29.3 Å². The Bertz CT molecular complexity index is 1100. The van der Waals surface area contributed by atoms with Gasteiger partial charge in [-0.1, -0.05) is 35.9 Å². The van der Waals surface area contributed by atoms with Gasteiger partial charge in [-0.3, -0.25) is 4.79 Å². The highest BCUT2D eigenvalue weighted by molar-refractivity contribution is 6.31. The van der Waals surface area contributed by atoms with Crippen LogP contribution in [0.25, 0.3) is 0 Å². The number of halogens is 1.